The van der Waals surface area contributed by atoms with E-state index in [4.69, 9.17) is 18.1 Å². The van der Waals surface area contributed by atoms with Gasteiger partial charge in [0, 0.05) is 25.9 Å². The van der Waals surface area contributed by atoms with Gasteiger partial charge in [0.2, 0.25) is 0 Å². The molecule has 0 aliphatic heterocycles. The molecule has 0 aromatic rings. The van der Waals surface area contributed by atoms with E-state index in [9.17, 15) is 0 Å². The summed E-state index contributed by atoms with van der Waals surface area (Å²) in [5.41, 5.74) is 0.444. The van der Waals surface area contributed by atoms with Crippen molar-refractivity contribution in [2.75, 3.05) is 19.8 Å². The highest BCUT2D eigenvalue weighted by molar-refractivity contribution is 7.94. The lowest BCUT2D eigenvalue weighted by molar-refractivity contribution is 0.0706. The molecule has 0 saturated carbocycles. The quantitative estimate of drug-likeness (QED) is 0.209. The molecule has 0 aromatic heterocycles. The number of carbonyl (C=O) groups is 1. The minimum absolute atomic E-state index is 0.444. The van der Waals surface area contributed by atoms with Crippen molar-refractivity contribution in [3.05, 3.63) is 0 Å². The van der Waals surface area contributed by atoms with Crippen LogP contribution in [0, 0.1) is 0 Å². The van der Waals surface area contributed by atoms with Crippen LogP contribution in [0.3, 0.4) is 0 Å². The van der Waals surface area contributed by atoms with Crippen molar-refractivity contribution in [3.8, 4) is 0 Å². The highest BCUT2D eigenvalue weighted by Crippen LogP contribution is 2.20. The molecule has 134 valence electrons. The SMILES string of the molecule is CCCCCCCCC[Si](OCC)(OCC)OCC.O=CS. The molecule has 0 aromatic carbocycles. The standard InChI is InChI=1S/C15H34O3Si.CH2OS/c1-5-9-10-11-12-13-14-15-19(16-6-2,17-7-3)18-8-4;2-1-3/h5-15H2,1-4H3;1H,(H,2,3). The Morgan fingerprint density at radius 2 is 1.14 bits per heavy atom. The van der Waals surface area contributed by atoms with Crippen LogP contribution in [0.25, 0.3) is 0 Å². The topological polar surface area (TPSA) is 44.8 Å². The van der Waals surface area contributed by atoms with E-state index < -0.39 is 8.80 Å². The summed E-state index contributed by atoms with van der Waals surface area (Å²) in [4.78, 5) is 8.67. The van der Waals surface area contributed by atoms with Gasteiger partial charge in [-0.25, -0.2) is 0 Å². The largest absolute Gasteiger partial charge is 0.500 e. The fraction of sp³-hybridized carbons (Fsp3) is 0.938. The molecule has 0 spiro atoms. The molecule has 0 heterocycles. The van der Waals surface area contributed by atoms with Gasteiger partial charge in [-0.05, 0) is 27.2 Å². The third-order valence-electron chi connectivity index (χ3n) is 3.18. The van der Waals surface area contributed by atoms with Gasteiger partial charge in [-0.2, -0.15) is 0 Å². The maximum Gasteiger partial charge on any atom is 0.500 e. The number of hydrogen-bond acceptors (Lipinski definition) is 4. The summed E-state index contributed by atoms with van der Waals surface area (Å²) in [5.74, 6) is 0. The molecule has 4 nitrogen and oxygen atoms in total. The summed E-state index contributed by atoms with van der Waals surface area (Å²) in [6, 6.07) is 0.969. The van der Waals surface area contributed by atoms with Gasteiger partial charge in [0.1, 0.15) is 0 Å². The molecular weight excluding hydrogens is 316 g/mol. The first kappa shape index (κ1) is 24.4. The first-order valence-corrected chi connectivity index (χ1v) is 11.1. The van der Waals surface area contributed by atoms with Crippen molar-refractivity contribution < 1.29 is 18.1 Å². The Balaban J connectivity index is 0. The van der Waals surface area contributed by atoms with Crippen LogP contribution in [0.15, 0.2) is 0 Å². The summed E-state index contributed by atoms with van der Waals surface area (Å²) in [6.07, 6.45) is 9.19. The highest BCUT2D eigenvalue weighted by Gasteiger charge is 2.39. The van der Waals surface area contributed by atoms with Crippen LogP contribution in [0.4, 0.5) is 0 Å². The zero-order valence-electron chi connectivity index (χ0n) is 14.9. The van der Waals surface area contributed by atoms with E-state index in [0.29, 0.717) is 25.4 Å². The van der Waals surface area contributed by atoms with Crippen LogP contribution in [-0.4, -0.2) is 34.2 Å². The second-order valence-corrected chi connectivity index (χ2v) is 7.90. The van der Waals surface area contributed by atoms with Crippen LogP contribution < -0.4 is 0 Å². The first-order chi connectivity index (χ1) is 10.7. The molecule has 0 saturated heterocycles. The number of unbranched alkanes of at least 4 members (excludes halogenated alkanes) is 6. The molecule has 0 N–H and O–H groups in total. The summed E-state index contributed by atoms with van der Waals surface area (Å²) < 4.78 is 17.5. The lowest BCUT2D eigenvalue weighted by Gasteiger charge is -2.28. The molecule has 0 atom stereocenters. The predicted octanol–water partition coefficient (Wildman–Crippen LogP) is 4.89. The van der Waals surface area contributed by atoms with E-state index in [2.05, 4.69) is 19.6 Å². The van der Waals surface area contributed by atoms with Gasteiger partial charge in [0.25, 0.3) is 0 Å². The van der Waals surface area contributed by atoms with Crippen LogP contribution >= 0.6 is 12.6 Å². The van der Waals surface area contributed by atoms with Crippen LogP contribution in [0.2, 0.25) is 6.04 Å². The molecular formula is C16H36O4SSi. The average Bonchev–Trinajstić information content (AvgIpc) is 2.48. The zero-order valence-corrected chi connectivity index (χ0v) is 16.8. The molecule has 0 rings (SSSR count). The molecule has 0 aliphatic carbocycles. The second kappa shape index (κ2) is 19.2. The summed E-state index contributed by atoms with van der Waals surface area (Å²) >= 11 is 3.11. The van der Waals surface area contributed by atoms with E-state index in [-0.39, 0.29) is 0 Å². The van der Waals surface area contributed by atoms with Gasteiger partial charge >= 0.3 is 8.80 Å². The van der Waals surface area contributed by atoms with Crippen molar-refractivity contribution in [3.63, 3.8) is 0 Å². The lowest BCUT2D eigenvalue weighted by atomic mass is 10.1. The lowest BCUT2D eigenvalue weighted by Crippen LogP contribution is -2.45. The monoisotopic (exact) mass is 352 g/mol. The van der Waals surface area contributed by atoms with Crippen LogP contribution in [-0.2, 0) is 18.1 Å². The van der Waals surface area contributed by atoms with Crippen molar-refractivity contribution in [2.24, 2.45) is 0 Å². The number of rotatable bonds is 14. The summed E-state index contributed by atoms with van der Waals surface area (Å²) in [6.45, 7) is 10.4. The molecule has 0 unspecified atom stereocenters. The molecule has 0 amide bonds. The zero-order chi connectivity index (χ0) is 17.1. The molecule has 6 heteroatoms. The Labute approximate surface area is 144 Å². The maximum absolute atomic E-state index is 8.67. The van der Waals surface area contributed by atoms with Crippen molar-refractivity contribution in [1.82, 2.24) is 0 Å². The predicted molar refractivity (Wildman–Crippen MR) is 99.2 cm³/mol. The average molecular weight is 353 g/mol. The molecule has 0 fully saturated rings. The Bertz CT molecular complexity index is 213. The summed E-state index contributed by atoms with van der Waals surface area (Å²) in [7, 11) is -2.37. The van der Waals surface area contributed by atoms with Crippen molar-refractivity contribution in [2.45, 2.75) is 78.7 Å². The van der Waals surface area contributed by atoms with Gasteiger partial charge in [0.15, 0.2) is 5.62 Å². The van der Waals surface area contributed by atoms with E-state index >= 15 is 0 Å². The van der Waals surface area contributed by atoms with Crippen molar-refractivity contribution >= 4 is 27.1 Å². The minimum Gasteiger partial charge on any atom is -0.374 e. The van der Waals surface area contributed by atoms with E-state index in [1.807, 2.05) is 20.8 Å². The molecule has 0 radical (unpaired) electrons. The minimum atomic E-state index is -2.37. The van der Waals surface area contributed by atoms with Crippen LogP contribution in [0.5, 0.6) is 0 Å². The van der Waals surface area contributed by atoms with Gasteiger partial charge < -0.3 is 13.3 Å². The third kappa shape index (κ3) is 15.0. The van der Waals surface area contributed by atoms with E-state index in [1.54, 1.807) is 0 Å². The fourth-order valence-corrected chi connectivity index (χ4v) is 4.99. The molecule has 0 bridgehead atoms. The summed E-state index contributed by atoms with van der Waals surface area (Å²) in [5, 5.41) is 0. The number of carbonyl (C=O) groups excluding carboxylic acids is 1. The second-order valence-electron chi connectivity index (χ2n) is 4.96. The van der Waals surface area contributed by atoms with Gasteiger partial charge in [0.05, 0.1) is 0 Å². The Kier molecular flexibility index (Phi) is 21.2. The highest BCUT2D eigenvalue weighted by atomic mass is 32.1. The maximum atomic E-state index is 8.67. The number of hydrogen-bond donors (Lipinski definition) is 1. The van der Waals surface area contributed by atoms with Crippen molar-refractivity contribution in [1.29, 1.82) is 0 Å². The van der Waals surface area contributed by atoms with E-state index in [0.717, 1.165) is 6.04 Å². The van der Waals surface area contributed by atoms with Crippen LogP contribution in [0.1, 0.15) is 72.6 Å². The smallest absolute Gasteiger partial charge is 0.374 e. The fourth-order valence-electron chi connectivity index (χ4n) is 2.30. The molecule has 22 heavy (non-hydrogen) atoms. The van der Waals surface area contributed by atoms with Gasteiger partial charge in [-0.15, -0.1) is 12.6 Å². The Morgan fingerprint density at radius 1 is 0.773 bits per heavy atom. The Hall–Kier alpha value is 0.117. The van der Waals surface area contributed by atoms with Gasteiger partial charge in [-0.1, -0.05) is 45.4 Å². The van der Waals surface area contributed by atoms with E-state index in [1.165, 1.54) is 44.9 Å². The third-order valence-corrected chi connectivity index (χ3v) is 6.33. The first-order valence-electron chi connectivity index (χ1n) is 8.65. The van der Waals surface area contributed by atoms with Gasteiger partial charge in [-0.3, -0.25) is 4.79 Å². The normalized spacial score (nSPS) is 11.0. The number of thiol groups is 1. The molecule has 0 aliphatic rings. The Morgan fingerprint density at radius 3 is 1.50 bits per heavy atom.